The van der Waals surface area contributed by atoms with Crippen LogP contribution in [0.15, 0.2) is 17.1 Å². The number of hydrogen-bond donors (Lipinski definition) is 1. The summed E-state index contributed by atoms with van der Waals surface area (Å²) in [4.78, 5) is 21.3. The van der Waals surface area contributed by atoms with Crippen LogP contribution in [0, 0.1) is 5.92 Å². The third kappa shape index (κ3) is 4.07. The number of aliphatic imine (C=N–C) groups is 1. The zero-order valence-corrected chi connectivity index (χ0v) is 15.7. The Morgan fingerprint density at radius 3 is 2.68 bits per heavy atom. The number of methoxy groups -OCH3 is 1. The SMILES string of the molecule is COc1cc(N=CN(C)C)c(Cl)cc1C(=O)NC1CN2CCC1CC2. The zero-order valence-electron chi connectivity index (χ0n) is 15.0. The van der Waals surface area contributed by atoms with E-state index in [9.17, 15) is 4.79 Å². The van der Waals surface area contributed by atoms with E-state index in [4.69, 9.17) is 16.3 Å². The summed E-state index contributed by atoms with van der Waals surface area (Å²) in [6, 6.07) is 3.54. The molecule has 4 rings (SSSR count). The lowest BCUT2D eigenvalue weighted by Crippen LogP contribution is -2.57. The number of nitrogens with one attached hydrogen (secondary N) is 1. The Bertz CT molecular complexity index is 669. The second-order valence-corrected chi connectivity index (χ2v) is 7.34. The van der Waals surface area contributed by atoms with Crippen LogP contribution in [0.5, 0.6) is 5.75 Å². The number of fused-ring (bicyclic) bond motifs is 3. The summed E-state index contributed by atoms with van der Waals surface area (Å²) in [7, 11) is 5.31. The average Bonchev–Trinajstić information content (AvgIpc) is 2.61. The van der Waals surface area contributed by atoms with Crippen LogP contribution in [0.4, 0.5) is 5.69 Å². The second kappa shape index (κ2) is 7.62. The maximum Gasteiger partial charge on any atom is 0.255 e. The highest BCUT2D eigenvalue weighted by molar-refractivity contribution is 6.33. The fourth-order valence-electron chi connectivity index (χ4n) is 3.54. The molecule has 1 atom stereocenters. The van der Waals surface area contributed by atoms with Crippen molar-refractivity contribution in [1.82, 2.24) is 15.1 Å². The monoisotopic (exact) mass is 364 g/mol. The van der Waals surface area contributed by atoms with Crippen molar-refractivity contribution >= 4 is 29.5 Å². The first-order valence-electron chi connectivity index (χ1n) is 8.59. The van der Waals surface area contributed by atoms with Gasteiger partial charge in [-0.1, -0.05) is 11.6 Å². The first-order chi connectivity index (χ1) is 12.0. The summed E-state index contributed by atoms with van der Waals surface area (Å²) in [5.41, 5.74) is 1.03. The van der Waals surface area contributed by atoms with Gasteiger partial charge in [-0.05, 0) is 37.9 Å². The minimum absolute atomic E-state index is 0.138. The smallest absolute Gasteiger partial charge is 0.255 e. The minimum atomic E-state index is -0.138. The van der Waals surface area contributed by atoms with Crippen molar-refractivity contribution in [3.05, 3.63) is 22.7 Å². The number of carbonyl (C=O) groups is 1. The molecule has 1 aromatic rings. The van der Waals surface area contributed by atoms with Crippen molar-refractivity contribution in [2.45, 2.75) is 18.9 Å². The topological polar surface area (TPSA) is 57.2 Å². The van der Waals surface area contributed by atoms with Crippen LogP contribution in [-0.4, -0.2) is 68.9 Å². The van der Waals surface area contributed by atoms with Gasteiger partial charge in [0.15, 0.2) is 0 Å². The number of piperidine rings is 3. The normalized spacial score (nSPS) is 25.2. The lowest BCUT2D eigenvalue weighted by Gasteiger charge is -2.44. The van der Waals surface area contributed by atoms with E-state index >= 15 is 0 Å². The molecule has 1 N–H and O–H groups in total. The Kier molecular flexibility index (Phi) is 5.49. The summed E-state index contributed by atoms with van der Waals surface area (Å²) < 4.78 is 5.40. The maximum absolute atomic E-state index is 12.8. The van der Waals surface area contributed by atoms with Gasteiger partial charge in [0.25, 0.3) is 5.91 Å². The Balaban J connectivity index is 1.78. The highest BCUT2D eigenvalue weighted by Crippen LogP contribution is 2.33. The van der Waals surface area contributed by atoms with Crippen LogP contribution < -0.4 is 10.1 Å². The summed E-state index contributed by atoms with van der Waals surface area (Å²) >= 11 is 6.32. The molecule has 3 aliphatic heterocycles. The Morgan fingerprint density at radius 1 is 1.40 bits per heavy atom. The van der Waals surface area contributed by atoms with Gasteiger partial charge >= 0.3 is 0 Å². The van der Waals surface area contributed by atoms with Crippen LogP contribution in [0.2, 0.25) is 5.02 Å². The first-order valence-corrected chi connectivity index (χ1v) is 8.97. The Hall–Kier alpha value is -1.79. The van der Waals surface area contributed by atoms with Crippen molar-refractivity contribution < 1.29 is 9.53 Å². The van der Waals surface area contributed by atoms with Crippen LogP contribution in [-0.2, 0) is 0 Å². The van der Waals surface area contributed by atoms with Gasteiger partial charge in [0, 0.05) is 32.7 Å². The first kappa shape index (κ1) is 18.0. The molecule has 0 aromatic heterocycles. The van der Waals surface area contributed by atoms with E-state index in [1.54, 1.807) is 25.6 Å². The van der Waals surface area contributed by atoms with E-state index in [0.717, 1.165) is 32.5 Å². The summed E-state index contributed by atoms with van der Waals surface area (Å²) in [6.07, 6.45) is 3.97. The number of rotatable bonds is 5. The molecule has 0 radical (unpaired) electrons. The van der Waals surface area contributed by atoms with Gasteiger partial charge in [0.1, 0.15) is 5.75 Å². The number of amides is 1. The van der Waals surface area contributed by atoms with Gasteiger partial charge in [-0.2, -0.15) is 0 Å². The van der Waals surface area contributed by atoms with Crippen molar-refractivity contribution in [2.75, 3.05) is 40.8 Å². The molecule has 3 heterocycles. The van der Waals surface area contributed by atoms with E-state index in [1.165, 1.54) is 0 Å². The molecular weight excluding hydrogens is 340 g/mol. The van der Waals surface area contributed by atoms with Gasteiger partial charge in [0.2, 0.25) is 0 Å². The molecule has 3 saturated heterocycles. The Morgan fingerprint density at radius 2 is 2.12 bits per heavy atom. The summed E-state index contributed by atoms with van der Waals surface area (Å²) in [5, 5.41) is 3.60. The van der Waals surface area contributed by atoms with Crippen LogP contribution in [0.1, 0.15) is 23.2 Å². The number of benzene rings is 1. The van der Waals surface area contributed by atoms with E-state index in [1.807, 2.05) is 19.0 Å². The molecule has 25 heavy (non-hydrogen) atoms. The van der Waals surface area contributed by atoms with Crippen LogP contribution >= 0.6 is 11.6 Å². The number of nitrogens with zero attached hydrogens (tertiary/aromatic N) is 3. The molecule has 136 valence electrons. The number of halogens is 1. The highest BCUT2D eigenvalue weighted by Gasteiger charge is 2.35. The predicted molar refractivity (Wildman–Crippen MR) is 100 cm³/mol. The summed E-state index contributed by atoms with van der Waals surface area (Å²) in [6.45, 7) is 3.22. The van der Waals surface area contributed by atoms with Gasteiger partial charge in [-0.15, -0.1) is 0 Å². The molecule has 1 unspecified atom stereocenters. The standard InChI is InChI=1S/C18H25ClN4O2/c1-22(2)11-20-15-9-17(25-3)13(8-14(15)19)18(24)21-16-10-23-6-4-12(16)5-7-23/h8-9,11-12,16H,4-7,10H2,1-3H3,(H,21,24). The lowest BCUT2D eigenvalue weighted by molar-refractivity contribution is 0.0619. The second-order valence-electron chi connectivity index (χ2n) is 6.93. The van der Waals surface area contributed by atoms with Gasteiger partial charge < -0.3 is 19.9 Å². The maximum atomic E-state index is 12.8. The molecule has 3 fully saturated rings. The number of ether oxygens (including phenoxy) is 1. The highest BCUT2D eigenvalue weighted by atomic mass is 35.5. The molecule has 7 heteroatoms. The van der Waals surface area contributed by atoms with Crippen LogP contribution in [0.25, 0.3) is 0 Å². The summed E-state index contributed by atoms with van der Waals surface area (Å²) in [5.74, 6) is 0.911. The number of carbonyl (C=O) groups excluding carboxylic acids is 1. The van der Waals surface area contributed by atoms with Gasteiger partial charge in [-0.3, -0.25) is 4.79 Å². The molecule has 2 bridgehead atoms. The van der Waals surface area contributed by atoms with Crippen molar-refractivity contribution in [3.63, 3.8) is 0 Å². The van der Waals surface area contributed by atoms with E-state index in [0.29, 0.717) is 27.9 Å². The molecule has 1 amide bonds. The molecule has 3 aliphatic rings. The minimum Gasteiger partial charge on any atom is -0.496 e. The average molecular weight is 365 g/mol. The van der Waals surface area contributed by atoms with Gasteiger partial charge in [-0.25, -0.2) is 4.99 Å². The molecule has 0 aliphatic carbocycles. The predicted octanol–water partition coefficient (Wildman–Crippen LogP) is 2.39. The van der Waals surface area contributed by atoms with Crippen molar-refractivity contribution in [2.24, 2.45) is 10.9 Å². The largest absolute Gasteiger partial charge is 0.496 e. The van der Waals surface area contributed by atoms with Crippen molar-refractivity contribution in [1.29, 1.82) is 0 Å². The van der Waals surface area contributed by atoms with Gasteiger partial charge in [0.05, 0.1) is 29.7 Å². The molecule has 1 aromatic carbocycles. The lowest BCUT2D eigenvalue weighted by atomic mass is 9.84. The number of hydrogen-bond acceptors (Lipinski definition) is 4. The third-order valence-corrected chi connectivity index (χ3v) is 5.22. The van der Waals surface area contributed by atoms with Crippen molar-refractivity contribution in [3.8, 4) is 5.75 Å². The molecular formula is C18H25ClN4O2. The molecule has 0 saturated carbocycles. The van der Waals surface area contributed by atoms with E-state index < -0.39 is 0 Å². The zero-order chi connectivity index (χ0) is 18.0. The molecule has 6 nitrogen and oxygen atoms in total. The Labute approximate surface area is 153 Å². The van der Waals surface area contributed by atoms with E-state index in [2.05, 4.69) is 15.2 Å². The third-order valence-electron chi connectivity index (χ3n) is 4.91. The molecule has 0 spiro atoms. The van der Waals surface area contributed by atoms with E-state index in [-0.39, 0.29) is 11.9 Å². The fraction of sp³-hybridized carbons (Fsp3) is 0.556. The fourth-order valence-corrected chi connectivity index (χ4v) is 3.75. The van der Waals surface area contributed by atoms with Crippen LogP contribution in [0.3, 0.4) is 0 Å². The quantitative estimate of drug-likeness (QED) is 0.644.